The van der Waals surface area contributed by atoms with E-state index in [-0.39, 0.29) is 77.1 Å². The summed E-state index contributed by atoms with van der Waals surface area (Å²) in [5.41, 5.74) is -1.12. The molecule has 0 aliphatic carbocycles. The van der Waals surface area contributed by atoms with Crippen molar-refractivity contribution in [2.24, 2.45) is 40.4 Å². The first-order valence-corrected chi connectivity index (χ1v) is 20.0. The maximum absolute atomic E-state index is 13.0. The van der Waals surface area contributed by atoms with Crippen LogP contribution in [-0.4, -0.2) is 77.2 Å². The summed E-state index contributed by atoms with van der Waals surface area (Å²) in [6.07, 6.45) is 3.34. The molecule has 0 N–H and O–H groups in total. The molecule has 0 unspecified atom stereocenters. The van der Waals surface area contributed by atoms with Crippen molar-refractivity contribution in [3.05, 3.63) is 12.2 Å². The van der Waals surface area contributed by atoms with E-state index in [0.29, 0.717) is 6.61 Å². The van der Waals surface area contributed by atoms with Crippen LogP contribution >= 0.6 is 23.5 Å². The number of rotatable bonds is 14. The van der Waals surface area contributed by atoms with Crippen LogP contribution in [0.4, 0.5) is 0 Å². The summed E-state index contributed by atoms with van der Waals surface area (Å²) >= 11 is 3.78. The van der Waals surface area contributed by atoms with E-state index in [0.717, 1.165) is 11.5 Å². The van der Waals surface area contributed by atoms with Crippen LogP contribution in [0.25, 0.3) is 0 Å². The zero-order chi connectivity index (χ0) is 36.8. The Morgan fingerprint density at radius 3 is 1.60 bits per heavy atom. The highest BCUT2D eigenvalue weighted by Crippen LogP contribution is 2.46. The van der Waals surface area contributed by atoms with Gasteiger partial charge in [0.25, 0.3) is 0 Å². The monoisotopic (exact) mass is 716 g/mol. The van der Waals surface area contributed by atoms with Gasteiger partial charge in [0.05, 0.1) is 46.4 Å². The lowest BCUT2D eigenvalue weighted by Gasteiger charge is -2.54. The SMILES string of the molecule is CCSC(SCC)[C@H](COC(=O)C(C)(C)C)[C@@H]1OC(C)(C)O[C@@H]([C@H](C)[C@@H]2OC(C)(C)O[C@@H]([C@@H](C)/C=C/COC(=O)C(C)(C)C)[C@H]2C)[C@@H]1C. The summed E-state index contributed by atoms with van der Waals surface area (Å²) in [7, 11) is 0. The lowest BCUT2D eigenvalue weighted by Crippen LogP contribution is -2.61. The first-order chi connectivity index (χ1) is 22.0. The molecule has 2 rings (SSSR count). The van der Waals surface area contributed by atoms with E-state index in [1.54, 1.807) is 0 Å². The van der Waals surface area contributed by atoms with E-state index in [9.17, 15) is 9.59 Å². The van der Waals surface area contributed by atoms with Gasteiger partial charge in [0.1, 0.15) is 6.61 Å². The van der Waals surface area contributed by atoms with Crippen LogP contribution in [0.1, 0.15) is 111 Å². The van der Waals surface area contributed by atoms with Crippen molar-refractivity contribution < 1.29 is 38.0 Å². The predicted octanol–water partition coefficient (Wildman–Crippen LogP) is 8.75. The van der Waals surface area contributed by atoms with Gasteiger partial charge in [0, 0.05) is 29.6 Å². The van der Waals surface area contributed by atoms with Crippen LogP contribution in [0, 0.1) is 40.4 Å². The van der Waals surface area contributed by atoms with Crippen molar-refractivity contribution >= 4 is 35.5 Å². The van der Waals surface area contributed by atoms with Crippen LogP contribution < -0.4 is 0 Å². The van der Waals surface area contributed by atoms with Crippen LogP contribution in [0.3, 0.4) is 0 Å². The highest BCUT2D eigenvalue weighted by atomic mass is 32.2. The molecule has 2 aliphatic heterocycles. The quantitative estimate of drug-likeness (QED) is 0.0988. The molecule has 280 valence electrons. The molecule has 0 bridgehead atoms. The molecule has 0 aromatic rings. The van der Waals surface area contributed by atoms with E-state index in [4.69, 9.17) is 28.4 Å². The molecule has 10 heteroatoms. The van der Waals surface area contributed by atoms with Gasteiger partial charge in [-0.2, -0.15) is 0 Å². The molecule has 8 nitrogen and oxygen atoms in total. The Morgan fingerprint density at radius 2 is 1.15 bits per heavy atom. The fourth-order valence-corrected chi connectivity index (χ4v) is 9.47. The molecule has 9 atom stereocenters. The number of esters is 2. The standard InChI is InChI=1S/C38H68O8S2/c1-17-47-32(48-18-2)27(22-42-34(40)36(10,11)12)31-26(6)30(45-38(15,16)46-31)25(5)29-24(4)28(43-37(13,14)44-29)23(3)20-19-21-41-33(39)35(7,8)9/h19-20,23-32H,17-18,21-22H2,1-16H3/b20-19+/t23-,24+,25+,26-,27+,28-,29+,30-,31+/m0/s1. The van der Waals surface area contributed by atoms with Gasteiger partial charge >= 0.3 is 11.9 Å². The van der Waals surface area contributed by atoms with Gasteiger partial charge in [-0.1, -0.05) is 53.7 Å². The van der Waals surface area contributed by atoms with Crippen LogP contribution in [-0.2, 0) is 38.0 Å². The van der Waals surface area contributed by atoms with E-state index in [2.05, 4.69) is 47.6 Å². The number of hydrogen-bond acceptors (Lipinski definition) is 10. The number of carbonyl (C=O) groups excluding carboxylic acids is 2. The normalized spacial score (nSPS) is 29.8. The third kappa shape index (κ3) is 12.2. The summed E-state index contributed by atoms with van der Waals surface area (Å²) in [4.78, 5) is 25.2. The average Bonchev–Trinajstić information content (AvgIpc) is 2.96. The van der Waals surface area contributed by atoms with Crippen LogP contribution in [0.5, 0.6) is 0 Å². The van der Waals surface area contributed by atoms with Gasteiger partial charge in [-0.25, -0.2) is 0 Å². The molecular formula is C38H68O8S2. The van der Waals surface area contributed by atoms with E-state index in [1.165, 1.54) is 0 Å². The Labute approximate surface area is 301 Å². The summed E-state index contributed by atoms with van der Waals surface area (Å²) in [5, 5.41) is 0. The minimum absolute atomic E-state index is 0.00111. The number of carbonyl (C=O) groups is 2. The summed E-state index contributed by atoms with van der Waals surface area (Å²) in [6.45, 7) is 32.8. The fourth-order valence-electron chi connectivity index (χ4n) is 6.65. The lowest BCUT2D eigenvalue weighted by molar-refractivity contribution is -0.364. The molecule has 0 radical (unpaired) electrons. The Hall–Kier alpha value is -0.780. The third-order valence-electron chi connectivity index (χ3n) is 9.12. The topological polar surface area (TPSA) is 89.5 Å². The molecule has 48 heavy (non-hydrogen) atoms. The van der Waals surface area contributed by atoms with E-state index >= 15 is 0 Å². The smallest absolute Gasteiger partial charge is 0.311 e. The minimum Gasteiger partial charge on any atom is -0.465 e. The molecule has 2 fully saturated rings. The summed E-state index contributed by atoms with van der Waals surface area (Å²) < 4.78 is 38.5. The first kappa shape index (κ1) is 43.4. The largest absolute Gasteiger partial charge is 0.465 e. The molecule has 0 spiro atoms. The van der Waals surface area contributed by atoms with Gasteiger partial charge in [-0.05, 0) is 80.7 Å². The maximum atomic E-state index is 13.0. The molecule has 2 aliphatic rings. The third-order valence-corrected chi connectivity index (χ3v) is 12.0. The molecule has 2 heterocycles. The Kier molecular flexibility index (Phi) is 15.9. The van der Waals surface area contributed by atoms with E-state index in [1.807, 2.05) is 98.8 Å². The van der Waals surface area contributed by atoms with Gasteiger partial charge in [-0.3, -0.25) is 9.59 Å². The molecule has 0 aromatic carbocycles. The van der Waals surface area contributed by atoms with Gasteiger partial charge in [0.2, 0.25) is 0 Å². The van der Waals surface area contributed by atoms with Gasteiger partial charge < -0.3 is 28.4 Å². The Bertz CT molecular complexity index is 1060. The zero-order valence-electron chi connectivity index (χ0n) is 32.8. The number of hydrogen-bond donors (Lipinski definition) is 0. The Morgan fingerprint density at radius 1 is 0.729 bits per heavy atom. The van der Waals surface area contributed by atoms with E-state index < -0.39 is 22.4 Å². The second kappa shape index (κ2) is 17.6. The Balaban J connectivity index is 2.37. The maximum Gasteiger partial charge on any atom is 0.311 e. The molecule has 0 saturated carbocycles. The second-order valence-electron chi connectivity index (χ2n) is 16.6. The van der Waals surface area contributed by atoms with Gasteiger partial charge in [-0.15, -0.1) is 23.5 Å². The molecule has 0 aromatic heterocycles. The molecular weight excluding hydrogens is 649 g/mol. The molecule has 2 saturated heterocycles. The fraction of sp³-hybridized carbons (Fsp3) is 0.895. The predicted molar refractivity (Wildman–Crippen MR) is 198 cm³/mol. The lowest BCUT2D eigenvalue weighted by atomic mass is 9.75. The number of ether oxygens (including phenoxy) is 6. The minimum atomic E-state index is -0.843. The summed E-state index contributed by atoms with van der Waals surface area (Å²) in [6, 6.07) is 0. The highest BCUT2D eigenvalue weighted by molar-refractivity contribution is 8.17. The summed E-state index contributed by atoms with van der Waals surface area (Å²) in [5.74, 6) is -0.0799. The number of thioether (sulfide) groups is 2. The first-order valence-electron chi connectivity index (χ1n) is 17.9. The van der Waals surface area contributed by atoms with Crippen molar-refractivity contribution in [1.29, 1.82) is 0 Å². The van der Waals surface area contributed by atoms with Crippen LogP contribution in [0.2, 0.25) is 0 Å². The zero-order valence-corrected chi connectivity index (χ0v) is 34.5. The van der Waals surface area contributed by atoms with Crippen molar-refractivity contribution in [3.8, 4) is 0 Å². The van der Waals surface area contributed by atoms with Crippen molar-refractivity contribution in [2.75, 3.05) is 24.7 Å². The van der Waals surface area contributed by atoms with Crippen molar-refractivity contribution in [3.63, 3.8) is 0 Å². The highest BCUT2D eigenvalue weighted by Gasteiger charge is 2.53. The van der Waals surface area contributed by atoms with Gasteiger partial charge in [0.15, 0.2) is 11.6 Å². The van der Waals surface area contributed by atoms with Crippen molar-refractivity contribution in [2.45, 2.75) is 151 Å². The second-order valence-corrected chi connectivity index (χ2v) is 19.8. The molecule has 0 amide bonds. The van der Waals surface area contributed by atoms with Crippen molar-refractivity contribution in [1.82, 2.24) is 0 Å². The average molecular weight is 717 g/mol. The van der Waals surface area contributed by atoms with Crippen LogP contribution in [0.15, 0.2) is 12.2 Å².